The Morgan fingerprint density at radius 2 is 2.25 bits per heavy atom. The van der Waals surface area contributed by atoms with Crippen LogP contribution in [-0.4, -0.2) is 88.1 Å². The number of likely N-dealkylation sites (N-methyl/N-ethyl adjacent to an activating group) is 1. The Labute approximate surface area is 160 Å². The summed E-state index contributed by atoms with van der Waals surface area (Å²) in [6.07, 6.45) is 2.96. The molecule has 0 radical (unpaired) electrons. The van der Waals surface area contributed by atoms with E-state index in [0.29, 0.717) is 19.6 Å². The summed E-state index contributed by atoms with van der Waals surface area (Å²) in [6, 6.07) is -0.163. The van der Waals surface area contributed by atoms with Gasteiger partial charge in [-0.1, -0.05) is 0 Å². The van der Waals surface area contributed by atoms with Gasteiger partial charge in [-0.3, -0.25) is 14.5 Å². The third-order valence-electron chi connectivity index (χ3n) is 5.41. The molecular weight excluding hydrogens is 367 g/mol. The predicted octanol–water partition coefficient (Wildman–Crippen LogP) is -1.32. The lowest BCUT2D eigenvalue weighted by Crippen LogP contribution is -2.63. The molecule has 4 rings (SSSR count). The SMILES string of the molecule is CN1CCN(C2CCNCC2NC(=O)c2c(N)nn3cc(F)cnc23)CC1=O. The number of halogens is 1. The number of fused-ring (bicyclic) bond motifs is 1. The van der Waals surface area contributed by atoms with Crippen molar-refractivity contribution < 1.29 is 14.0 Å². The van der Waals surface area contributed by atoms with Gasteiger partial charge in [-0.2, -0.15) is 0 Å². The minimum atomic E-state index is -0.571. The highest BCUT2D eigenvalue weighted by atomic mass is 19.1. The minimum absolute atomic E-state index is 0.00862. The number of piperazine rings is 1. The summed E-state index contributed by atoms with van der Waals surface area (Å²) < 4.78 is 14.5. The van der Waals surface area contributed by atoms with E-state index in [4.69, 9.17) is 5.73 Å². The van der Waals surface area contributed by atoms with E-state index in [2.05, 4.69) is 25.6 Å². The highest BCUT2D eigenvalue weighted by molar-refractivity contribution is 6.04. The van der Waals surface area contributed by atoms with Crippen LogP contribution in [0, 0.1) is 5.82 Å². The third kappa shape index (κ3) is 3.38. The van der Waals surface area contributed by atoms with Gasteiger partial charge in [-0.05, 0) is 13.0 Å². The molecule has 28 heavy (non-hydrogen) atoms. The highest BCUT2D eigenvalue weighted by Gasteiger charge is 2.35. The molecule has 11 heteroatoms. The van der Waals surface area contributed by atoms with Gasteiger partial charge in [-0.25, -0.2) is 13.9 Å². The maximum absolute atomic E-state index is 13.4. The maximum atomic E-state index is 13.4. The summed E-state index contributed by atoms with van der Waals surface area (Å²) in [6.45, 7) is 3.17. The summed E-state index contributed by atoms with van der Waals surface area (Å²) in [5.74, 6) is -0.914. The number of carbonyl (C=O) groups is 2. The van der Waals surface area contributed by atoms with E-state index in [1.54, 1.807) is 11.9 Å². The van der Waals surface area contributed by atoms with Crippen LogP contribution < -0.4 is 16.4 Å². The van der Waals surface area contributed by atoms with Crippen molar-refractivity contribution >= 4 is 23.3 Å². The number of amides is 2. The van der Waals surface area contributed by atoms with Crippen molar-refractivity contribution in [2.24, 2.45) is 0 Å². The van der Waals surface area contributed by atoms with Gasteiger partial charge in [0, 0.05) is 32.7 Å². The van der Waals surface area contributed by atoms with Crippen molar-refractivity contribution in [2.45, 2.75) is 18.5 Å². The molecule has 0 aromatic carbocycles. The molecule has 0 aliphatic carbocycles. The van der Waals surface area contributed by atoms with Crippen LogP contribution in [0.3, 0.4) is 0 Å². The lowest BCUT2D eigenvalue weighted by Gasteiger charge is -2.43. The third-order valence-corrected chi connectivity index (χ3v) is 5.41. The molecule has 4 heterocycles. The fourth-order valence-electron chi connectivity index (χ4n) is 3.88. The van der Waals surface area contributed by atoms with Crippen molar-refractivity contribution in [3.05, 3.63) is 23.8 Å². The first-order chi connectivity index (χ1) is 13.4. The monoisotopic (exact) mass is 390 g/mol. The van der Waals surface area contributed by atoms with Crippen LogP contribution in [0.5, 0.6) is 0 Å². The summed E-state index contributed by atoms with van der Waals surface area (Å²) in [5, 5.41) is 10.3. The van der Waals surface area contributed by atoms with E-state index in [1.165, 1.54) is 0 Å². The Morgan fingerprint density at radius 3 is 3.04 bits per heavy atom. The van der Waals surface area contributed by atoms with Crippen LogP contribution in [0.15, 0.2) is 12.4 Å². The second-order valence-corrected chi connectivity index (χ2v) is 7.23. The summed E-state index contributed by atoms with van der Waals surface area (Å²) >= 11 is 0. The second-order valence-electron chi connectivity index (χ2n) is 7.23. The minimum Gasteiger partial charge on any atom is -0.381 e. The number of nitrogens with two attached hydrogens (primary N) is 1. The second kappa shape index (κ2) is 7.32. The summed E-state index contributed by atoms with van der Waals surface area (Å²) in [7, 11) is 1.80. The molecule has 4 N–H and O–H groups in total. The standard InChI is InChI=1S/C17H23FN8O2/c1-24-4-5-25(9-13(24)27)12-2-3-20-7-11(12)22-17(28)14-15(19)23-26-8-10(18)6-21-16(14)26/h6,8,11-12,20H,2-5,7,9H2,1H3,(H2,19,23)(H,22,28). The average Bonchev–Trinajstić information content (AvgIpc) is 2.99. The van der Waals surface area contributed by atoms with Crippen LogP contribution in [0.1, 0.15) is 16.8 Å². The number of rotatable bonds is 3. The van der Waals surface area contributed by atoms with Crippen molar-refractivity contribution in [3.8, 4) is 0 Å². The lowest BCUT2D eigenvalue weighted by atomic mass is 9.97. The van der Waals surface area contributed by atoms with Crippen molar-refractivity contribution in [3.63, 3.8) is 0 Å². The molecule has 10 nitrogen and oxygen atoms in total. The van der Waals surface area contributed by atoms with Gasteiger partial charge in [0.05, 0.1) is 25.0 Å². The maximum Gasteiger partial charge on any atom is 0.259 e. The van der Waals surface area contributed by atoms with Gasteiger partial charge in [0.1, 0.15) is 5.56 Å². The molecule has 2 saturated heterocycles. The fraction of sp³-hybridized carbons (Fsp3) is 0.529. The van der Waals surface area contributed by atoms with Crippen LogP contribution in [-0.2, 0) is 4.79 Å². The molecule has 0 bridgehead atoms. The molecule has 2 aromatic rings. The number of nitrogens with zero attached hydrogens (tertiary/aromatic N) is 5. The Morgan fingerprint density at radius 1 is 1.43 bits per heavy atom. The Balaban J connectivity index is 1.54. The van der Waals surface area contributed by atoms with Gasteiger partial charge in [0.15, 0.2) is 17.3 Å². The van der Waals surface area contributed by atoms with Crippen molar-refractivity contribution in [2.75, 3.05) is 45.5 Å². The normalized spacial score (nSPS) is 23.9. The summed E-state index contributed by atoms with van der Waals surface area (Å²) in [5.41, 5.74) is 6.21. The molecule has 0 saturated carbocycles. The molecular formula is C17H23FN8O2. The van der Waals surface area contributed by atoms with E-state index in [9.17, 15) is 14.0 Å². The zero-order chi connectivity index (χ0) is 19.8. The van der Waals surface area contributed by atoms with Crippen LogP contribution in [0.2, 0.25) is 0 Å². The first-order valence-electron chi connectivity index (χ1n) is 9.23. The molecule has 2 amide bonds. The highest BCUT2D eigenvalue weighted by Crippen LogP contribution is 2.19. The van der Waals surface area contributed by atoms with E-state index in [1.807, 2.05) is 0 Å². The predicted molar refractivity (Wildman–Crippen MR) is 99.1 cm³/mol. The van der Waals surface area contributed by atoms with E-state index >= 15 is 0 Å². The number of nitrogen functional groups attached to an aromatic ring is 1. The van der Waals surface area contributed by atoms with Gasteiger partial charge in [-0.15, -0.1) is 5.10 Å². The number of hydrogen-bond donors (Lipinski definition) is 3. The molecule has 2 aliphatic heterocycles. The molecule has 2 atom stereocenters. The van der Waals surface area contributed by atoms with Crippen LogP contribution in [0.4, 0.5) is 10.2 Å². The smallest absolute Gasteiger partial charge is 0.259 e. The Kier molecular flexibility index (Phi) is 4.85. The lowest BCUT2D eigenvalue weighted by molar-refractivity contribution is -0.135. The number of nitrogens with one attached hydrogen (secondary N) is 2. The van der Waals surface area contributed by atoms with Crippen LogP contribution >= 0.6 is 0 Å². The molecule has 2 aromatic heterocycles. The van der Waals surface area contributed by atoms with Gasteiger partial charge in [0.2, 0.25) is 5.91 Å². The first kappa shape index (κ1) is 18.6. The van der Waals surface area contributed by atoms with E-state index in [-0.39, 0.29) is 35.0 Å². The fourth-order valence-corrected chi connectivity index (χ4v) is 3.88. The topological polar surface area (TPSA) is 121 Å². The largest absolute Gasteiger partial charge is 0.381 e. The van der Waals surface area contributed by atoms with Crippen molar-refractivity contribution in [1.82, 2.24) is 35.0 Å². The molecule has 2 unspecified atom stereocenters. The molecule has 150 valence electrons. The van der Waals surface area contributed by atoms with Crippen molar-refractivity contribution in [1.29, 1.82) is 0 Å². The van der Waals surface area contributed by atoms with Crippen LogP contribution in [0.25, 0.3) is 5.65 Å². The number of piperidine rings is 1. The summed E-state index contributed by atoms with van der Waals surface area (Å²) in [4.78, 5) is 32.8. The Hall–Kier alpha value is -2.79. The number of carbonyl (C=O) groups excluding carboxylic acids is 2. The van der Waals surface area contributed by atoms with Gasteiger partial charge in [0.25, 0.3) is 5.91 Å². The molecule has 2 aliphatic rings. The zero-order valence-corrected chi connectivity index (χ0v) is 15.6. The average molecular weight is 390 g/mol. The number of hydrogen-bond acceptors (Lipinski definition) is 7. The quantitative estimate of drug-likeness (QED) is 0.595. The number of aromatic nitrogens is 3. The van der Waals surface area contributed by atoms with E-state index in [0.717, 1.165) is 36.4 Å². The first-order valence-corrected chi connectivity index (χ1v) is 9.23. The van der Waals surface area contributed by atoms with E-state index < -0.39 is 11.7 Å². The molecule has 2 fully saturated rings. The molecule has 0 spiro atoms. The number of anilines is 1. The zero-order valence-electron chi connectivity index (χ0n) is 15.6. The van der Waals surface area contributed by atoms with Gasteiger partial charge < -0.3 is 21.3 Å². The Bertz CT molecular complexity index is 916. The van der Waals surface area contributed by atoms with Gasteiger partial charge >= 0.3 is 0 Å².